The molecule has 2 radical (unpaired) electrons. The molecule has 0 atom stereocenters. The molecule has 0 aliphatic carbocycles. The highest BCUT2D eigenvalue weighted by Gasteiger charge is 1.81. The molecule has 1 rings (SSSR count). The van der Waals surface area contributed by atoms with Gasteiger partial charge < -0.3 is 0 Å². The highest BCUT2D eigenvalue weighted by molar-refractivity contribution is 6.28. The maximum atomic E-state index is 5.21. The van der Waals surface area contributed by atoms with Crippen molar-refractivity contribution in [2.24, 2.45) is 0 Å². The van der Waals surface area contributed by atoms with Crippen molar-refractivity contribution in [3.63, 3.8) is 0 Å². The van der Waals surface area contributed by atoms with Gasteiger partial charge in [-0.05, 0) is 11.6 Å². The Morgan fingerprint density at radius 1 is 1.29 bits per heavy atom. The SMILES string of the molecule is Clc1n[c]n[c]n1. The maximum absolute atomic E-state index is 5.21. The van der Waals surface area contributed by atoms with E-state index in [9.17, 15) is 0 Å². The van der Waals surface area contributed by atoms with Crippen LogP contribution in [-0.2, 0) is 0 Å². The summed E-state index contributed by atoms with van der Waals surface area (Å²) in [5.74, 6) is 0. The summed E-state index contributed by atoms with van der Waals surface area (Å²) < 4.78 is 0. The quantitative estimate of drug-likeness (QED) is 0.480. The normalized spacial score (nSPS) is 8.71. The predicted octanol–water partition coefficient (Wildman–Crippen LogP) is 0.125. The predicted molar refractivity (Wildman–Crippen MR) is 22.5 cm³/mol. The van der Waals surface area contributed by atoms with Gasteiger partial charge in [-0.1, -0.05) is 0 Å². The molecule has 7 heavy (non-hydrogen) atoms. The lowest BCUT2D eigenvalue weighted by molar-refractivity contribution is 1.02. The molecule has 0 N–H and O–H groups in total. The molecule has 1 aromatic heterocycles. The van der Waals surface area contributed by atoms with Crippen LogP contribution in [0.1, 0.15) is 0 Å². The Labute approximate surface area is 45.4 Å². The molecule has 0 aliphatic heterocycles. The van der Waals surface area contributed by atoms with Gasteiger partial charge in [0, 0.05) is 0 Å². The average molecular weight is 114 g/mol. The van der Waals surface area contributed by atoms with Crippen molar-refractivity contribution in [2.45, 2.75) is 0 Å². The van der Waals surface area contributed by atoms with Crippen LogP contribution in [0.2, 0.25) is 5.28 Å². The fourth-order valence-electron chi connectivity index (χ4n) is 0.180. The Bertz CT molecular complexity index is 140. The number of nitrogens with zero attached hydrogens (tertiary/aromatic N) is 3. The van der Waals surface area contributed by atoms with Gasteiger partial charge in [-0.15, -0.1) is 0 Å². The third kappa shape index (κ3) is 1.08. The molecule has 0 saturated carbocycles. The fraction of sp³-hybridized carbons (Fsp3) is 0. The molecule has 0 aliphatic rings. The summed E-state index contributed by atoms with van der Waals surface area (Å²) in [6.45, 7) is 0. The van der Waals surface area contributed by atoms with Crippen molar-refractivity contribution in [3.05, 3.63) is 17.9 Å². The van der Waals surface area contributed by atoms with Gasteiger partial charge in [0.15, 0.2) is 0 Å². The molecule has 0 amide bonds. The minimum atomic E-state index is 0.120. The Balaban J connectivity index is 3.02. The first-order valence-corrected chi connectivity index (χ1v) is 1.91. The second-order valence-corrected chi connectivity index (χ2v) is 1.14. The van der Waals surface area contributed by atoms with E-state index in [0.717, 1.165) is 0 Å². The van der Waals surface area contributed by atoms with Crippen molar-refractivity contribution in [1.82, 2.24) is 15.0 Å². The van der Waals surface area contributed by atoms with E-state index in [1.165, 1.54) is 0 Å². The Morgan fingerprint density at radius 3 is 2.14 bits per heavy atom. The summed E-state index contributed by atoms with van der Waals surface area (Å²) in [5.41, 5.74) is 0. The van der Waals surface area contributed by atoms with Crippen LogP contribution in [0, 0.1) is 12.7 Å². The highest BCUT2D eigenvalue weighted by Crippen LogP contribution is 1.89. The number of rotatable bonds is 0. The third-order valence-electron chi connectivity index (χ3n) is 0.385. The third-order valence-corrected chi connectivity index (χ3v) is 0.554. The van der Waals surface area contributed by atoms with Gasteiger partial charge in [0.2, 0.25) is 17.9 Å². The molecule has 0 saturated heterocycles. The van der Waals surface area contributed by atoms with Crippen molar-refractivity contribution >= 4 is 11.6 Å². The number of aromatic nitrogens is 3. The number of halogens is 1. The molecule has 34 valence electrons. The van der Waals surface area contributed by atoms with Crippen molar-refractivity contribution in [3.8, 4) is 0 Å². The molecular formula is C3ClN3. The maximum Gasteiger partial charge on any atom is 0.226 e. The van der Waals surface area contributed by atoms with E-state index in [-0.39, 0.29) is 5.28 Å². The molecule has 1 aromatic rings. The largest absolute Gasteiger partial charge is 0.226 e. The number of hydrogen-bond donors (Lipinski definition) is 0. The zero-order valence-electron chi connectivity index (χ0n) is 3.22. The van der Waals surface area contributed by atoms with E-state index in [0.29, 0.717) is 0 Å². The van der Waals surface area contributed by atoms with Gasteiger partial charge in [-0.3, -0.25) is 0 Å². The summed E-state index contributed by atoms with van der Waals surface area (Å²) in [6.07, 6.45) is 4.42. The molecule has 0 aromatic carbocycles. The first kappa shape index (κ1) is 4.46. The Kier molecular flexibility index (Phi) is 1.17. The summed E-state index contributed by atoms with van der Waals surface area (Å²) in [4.78, 5) is 10.0. The molecule has 3 nitrogen and oxygen atoms in total. The first-order valence-electron chi connectivity index (χ1n) is 1.53. The van der Waals surface area contributed by atoms with Gasteiger partial charge in [-0.25, -0.2) is 4.98 Å². The Morgan fingerprint density at radius 2 is 1.86 bits per heavy atom. The zero-order chi connectivity index (χ0) is 5.11. The van der Waals surface area contributed by atoms with E-state index in [1.54, 1.807) is 0 Å². The average Bonchev–Trinajstić information content (AvgIpc) is 1.69. The molecule has 0 unspecified atom stereocenters. The molecular weight excluding hydrogens is 114 g/mol. The van der Waals surface area contributed by atoms with E-state index < -0.39 is 0 Å². The van der Waals surface area contributed by atoms with Gasteiger partial charge in [0.1, 0.15) is 0 Å². The van der Waals surface area contributed by atoms with Gasteiger partial charge in [0.25, 0.3) is 0 Å². The Hall–Kier alpha value is -0.700. The van der Waals surface area contributed by atoms with Crippen LogP contribution >= 0.6 is 11.6 Å². The van der Waals surface area contributed by atoms with E-state index in [1.807, 2.05) is 0 Å². The van der Waals surface area contributed by atoms with Crippen LogP contribution in [0.25, 0.3) is 0 Å². The summed E-state index contributed by atoms with van der Waals surface area (Å²) in [6, 6.07) is 0. The first-order chi connectivity index (χ1) is 3.39. The van der Waals surface area contributed by atoms with Crippen LogP contribution < -0.4 is 0 Å². The van der Waals surface area contributed by atoms with Crippen LogP contribution in [0.15, 0.2) is 0 Å². The lowest BCUT2D eigenvalue weighted by Crippen LogP contribution is -1.81. The van der Waals surface area contributed by atoms with E-state index in [4.69, 9.17) is 11.6 Å². The van der Waals surface area contributed by atoms with Crippen LogP contribution in [0.4, 0.5) is 0 Å². The lowest BCUT2D eigenvalue weighted by atomic mass is 11.1. The van der Waals surface area contributed by atoms with Crippen molar-refractivity contribution < 1.29 is 0 Å². The van der Waals surface area contributed by atoms with E-state index in [2.05, 4.69) is 27.6 Å². The number of hydrogen-bond acceptors (Lipinski definition) is 3. The topological polar surface area (TPSA) is 38.7 Å². The smallest absolute Gasteiger partial charge is 0.202 e. The van der Waals surface area contributed by atoms with Gasteiger partial charge >= 0.3 is 0 Å². The van der Waals surface area contributed by atoms with Gasteiger partial charge in [0.05, 0.1) is 0 Å². The molecule has 4 heteroatoms. The minimum Gasteiger partial charge on any atom is -0.202 e. The van der Waals surface area contributed by atoms with Crippen molar-refractivity contribution in [2.75, 3.05) is 0 Å². The molecule has 0 spiro atoms. The monoisotopic (exact) mass is 113 g/mol. The second-order valence-electron chi connectivity index (χ2n) is 0.804. The van der Waals surface area contributed by atoms with E-state index >= 15 is 0 Å². The van der Waals surface area contributed by atoms with Crippen LogP contribution in [0.5, 0.6) is 0 Å². The van der Waals surface area contributed by atoms with Crippen LogP contribution in [0.3, 0.4) is 0 Å². The summed E-state index contributed by atoms with van der Waals surface area (Å²) >= 11 is 5.21. The lowest BCUT2D eigenvalue weighted by Gasteiger charge is -1.75. The fourth-order valence-corrected chi connectivity index (χ4v) is 0.255. The minimum absolute atomic E-state index is 0.120. The highest BCUT2D eigenvalue weighted by atomic mass is 35.5. The standard InChI is InChI=1S/C3ClN3/c4-3-6-1-5-2-7-3. The second kappa shape index (κ2) is 1.84. The summed E-state index contributed by atoms with van der Waals surface area (Å²) in [7, 11) is 0. The van der Waals surface area contributed by atoms with Crippen molar-refractivity contribution in [1.29, 1.82) is 0 Å². The molecule has 0 bridgehead atoms. The molecule has 1 heterocycles. The molecule has 0 fully saturated rings. The summed E-state index contributed by atoms with van der Waals surface area (Å²) in [5, 5.41) is 0.120. The van der Waals surface area contributed by atoms with Gasteiger partial charge in [-0.2, -0.15) is 9.97 Å². The van der Waals surface area contributed by atoms with Crippen LogP contribution in [-0.4, -0.2) is 15.0 Å². The zero-order valence-corrected chi connectivity index (χ0v) is 3.98.